The molecule has 1 aliphatic rings. The normalized spacial score (nSPS) is 17.4. The molecule has 3 rings (SSSR count). The van der Waals surface area contributed by atoms with Crippen LogP contribution in [-0.2, 0) is 22.7 Å². The Morgan fingerprint density at radius 1 is 1.39 bits per heavy atom. The van der Waals surface area contributed by atoms with E-state index in [1.807, 2.05) is 12.3 Å². The first-order chi connectivity index (χ1) is 13.5. The molecular weight excluding hydrogens is 385 g/mol. The molecule has 1 aliphatic heterocycles. The third-order valence-electron chi connectivity index (χ3n) is 4.69. The van der Waals surface area contributed by atoms with Gasteiger partial charge in [-0.25, -0.2) is 4.39 Å². The van der Waals surface area contributed by atoms with Crippen LogP contribution in [0.3, 0.4) is 0 Å². The van der Waals surface area contributed by atoms with Crippen molar-refractivity contribution in [1.82, 2.24) is 25.3 Å². The summed E-state index contributed by atoms with van der Waals surface area (Å²) >= 11 is 6.11. The van der Waals surface area contributed by atoms with Crippen LogP contribution < -0.4 is 10.6 Å². The molecule has 28 heavy (non-hydrogen) atoms. The Morgan fingerprint density at radius 2 is 2.25 bits per heavy atom. The van der Waals surface area contributed by atoms with E-state index in [1.54, 1.807) is 21.8 Å². The molecule has 2 N–H and O–H groups in total. The van der Waals surface area contributed by atoms with Crippen LogP contribution >= 0.6 is 11.6 Å². The van der Waals surface area contributed by atoms with Crippen molar-refractivity contribution in [3.05, 3.63) is 53.1 Å². The molecule has 1 fully saturated rings. The number of carbonyl (C=O) groups is 2. The van der Waals surface area contributed by atoms with Crippen LogP contribution in [0.15, 0.2) is 36.7 Å². The van der Waals surface area contributed by atoms with Crippen molar-refractivity contribution in [2.24, 2.45) is 0 Å². The number of rotatable bonds is 8. The monoisotopic (exact) mass is 407 g/mol. The molecule has 0 saturated carbocycles. The Bertz CT molecular complexity index is 794. The van der Waals surface area contributed by atoms with Crippen LogP contribution in [0.4, 0.5) is 4.39 Å². The molecule has 1 aromatic heterocycles. The Morgan fingerprint density at radius 3 is 3.00 bits per heavy atom. The lowest BCUT2D eigenvalue weighted by Gasteiger charge is -2.35. The van der Waals surface area contributed by atoms with Gasteiger partial charge in [0.05, 0.1) is 12.5 Å². The van der Waals surface area contributed by atoms with Crippen molar-refractivity contribution in [1.29, 1.82) is 0 Å². The summed E-state index contributed by atoms with van der Waals surface area (Å²) in [6.45, 7) is 2.35. The second kappa shape index (κ2) is 9.66. The standard InChI is InChI=1S/C19H23ClFN5O2/c20-15-4-1-5-16(21)14(15)13-25-11-8-23-19(28)17(25)12-18(27)22-6-2-9-26-10-3-7-24-26/h1,3-5,7,10,17H,2,6,8-9,11-13H2,(H,22,27)(H,23,28)/t17-/m0/s1. The average Bonchev–Trinajstić information content (AvgIpc) is 3.18. The summed E-state index contributed by atoms with van der Waals surface area (Å²) in [6.07, 6.45) is 4.31. The van der Waals surface area contributed by atoms with E-state index in [9.17, 15) is 14.0 Å². The molecule has 1 atom stereocenters. The minimum atomic E-state index is -0.657. The fourth-order valence-corrected chi connectivity index (χ4v) is 3.43. The van der Waals surface area contributed by atoms with Gasteiger partial charge in [0.15, 0.2) is 0 Å². The van der Waals surface area contributed by atoms with E-state index >= 15 is 0 Å². The van der Waals surface area contributed by atoms with E-state index in [0.29, 0.717) is 36.8 Å². The van der Waals surface area contributed by atoms with Crippen LogP contribution in [0.5, 0.6) is 0 Å². The van der Waals surface area contributed by atoms with Gasteiger partial charge in [-0.1, -0.05) is 17.7 Å². The van der Waals surface area contributed by atoms with Crippen LogP contribution in [0.1, 0.15) is 18.4 Å². The second-order valence-corrected chi connectivity index (χ2v) is 7.06. The molecule has 2 aromatic rings. The Balaban J connectivity index is 1.54. The van der Waals surface area contributed by atoms with Crippen molar-refractivity contribution < 1.29 is 14.0 Å². The van der Waals surface area contributed by atoms with Crippen molar-refractivity contribution in [3.8, 4) is 0 Å². The minimum Gasteiger partial charge on any atom is -0.356 e. The molecule has 0 unspecified atom stereocenters. The number of carbonyl (C=O) groups excluding carboxylic acids is 2. The molecule has 0 aliphatic carbocycles. The first-order valence-corrected chi connectivity index (χ1v) is 9.61. The molecule has 7 nitrogen and oxygen atoms in total. The number of aromatic nitrogens is 2. The van der Waals surface area contributed by atoms with E-state index < -0.39 is 11.9 Å². The van der Waals surface area contributed by atoms with Gasteiger partial charge in [-0.15, -0.1) is 0 Å². The summed E-state index contributed by atoms with van der Waals surface area (Å²) in [5, 5.41) is 10.0. The van der Waals surface area contributed by atoms with Gasteiger partial charge in [0.1, 0.15) is 5.82 Å². The van der Waals surface area contributed by atoms with Gasteiger partial charge in [-0.2, -0.15) is 5.10 Å². The van der Waals surface area contributed by atoms with E-state index in [-0.39, 0.29) is 24.8 Å². The first kappa shape index (κ1) is 20.3. The predicted octanol–water partition coefficient (Wildman–Crippen LogP) is 1.57. The van der Waals surface area contributed by atoms with Crippen LogP contribution in [0, 0.1) is 5.82 Å². The van der Waals surface area contributed by atoms with Crippen molar-refractivity contribution in [2.45, 2.75) is 32.0 Å². The molecule has 0 bridgehead atoms. The number of aryl methyl sites for hydroxylation is 1. The molecule has 9 heteroatoms. The van der Waals surface area contributed by atoms with Crippen LogP contribution in [0.2, 0.25) is 5.02 Å². The highest BCUT2D eigenvalue weighted by molar-refractivity contribution is 6.31. The van der Waals surface area contributed by atoms with Gasteiger partial charge in [0.2, 0.25) is 11.8 Å². The minimum absolute atomic E-state index is 0.0136. The predicted molar refractivity (Wildman–Crippen MR) is 103 cm³/mol. The Hall–Kier alpha value is -2.45. The summed E-state index contributed by atoms with van der Waals surface area (Å²) in [5.74, 6) is -0.863. The largest absolute Gasteiger partial charge is 0.356 e. The highest BCUT2D eigenvalue weighted by Gasteiger charge is 2.32. The van der Waals surface area contributed by atoms with Gasteiger partial charge >= 0.3 is 0 Å². The van der Waals surface area contributed by atoms with Gasteiger partial charge < -0.3 is 10.6 Å². The Labute approximate surface area is 167 Å². The summed E-state index contributed by atoms with van der Waals surface area (Å²) in [5.41, 5.74) is 0.337. The average molecular weight is 408 g/mol. The maximum absolute atomic E-state index is 14.1. The number of benzene rings is 1. The van der Waals surface area contributed by atoms with Crippen molar-refractivity contribution >= 4 is 23.4 Å². The molecule has 1 aromatic carbocycles. The fourth-order valence-electron chi connectivity index (χ4n) is 3.21. The summed E-state index contributed by atoms with van der Waals surface area (Å²) < 4.78 is 15.9. The maximum atomic E-state index is 14.1. The Kier molecular flexibility index (Phi) is 7.00. The number of nitrogens with zero attached hydrogens (tertiary/aromatic N) is 3. The van der Waals surface area contributed by atoms with Crippen LogP contribution in [-0.4, -0.2) is 52.2 Å². The molecule has 2 amide bonds. The van der Waals surface area contributed by atoms with Crippen molar-refractivity contribution in [2.75, 3.05) is 19.6 Å². The van der Waals surface area contributed by atoms with Gasteiger partial charge in [-0.05, 0) is 24.6 Å². The molecular formula is C19H23ClFN5O2. The quantitative estimate of drug-likeness (QED) is 0.651. The number of nitrogens with one attached hydrogen (secondary N) is 2. The highest BCUT2D eigenvalue weighted by atomic mass is 35.5. The smallest absolute Gasteiger partial charge is 0.237 e. The highest BCUT2D eigenvalue weighted by Crippen LogP contribution is 2.23. The summed E-state index contributed by atoms with van der Waals surface area (Å²) in [7, 11) is 0. The van der Waals surface area contributed by atoms with E-state index in [2.05, 4.69) is 15.7 Å². The van der Waals surface area contributed by atoms with E-state index in [1.165, 1.54) is 12.1 Å². The lowest BCUT2D eigenvalue weighted by atomic mass is 10.1. The number of halogens is 2. The zero-order valence-electron chi connectivity index (χ0n) is 15.4. The first-order valence-electron chi connectivity index (χ1n) is 9.23. The second-order valence-electron chi connectivity index (χ2n) is 6.65. The number of piperazine rings is 1. The van der Waals surface area contributed by atoms with Gasteiger partial charge in [0, 0.05) is 55.7 Å². The number of hydrogen-bond donors (Lipinski definition) is 2. The molecule has 0 spiro atoms. The van der Waals surface area contributed by atoms with E-state index in [0.717, 1.165) is 6.42 Å². The lowest BCUT2D eigenvalue weighted by Crippen LogP contribution is -2.56. The molecule has 150 valence electrons. The van der Waals surface area contributed by atoms with Gasteiger partial charge in [-0.3, -0.25) is 19.2 Å². The zero-order valence-corrected chi connectivity index (χ0v) is 16.2. The molecule has 0 radical (unpaired) electrons. The lowest BCUT2D eigenvalue weighted by molar-refractivity contribution is -0.134. The fraction of sp³-hybridized carbons (Fsp3) is 0.421. The number of hydrogen-bond acceptors (Lipinski definition) is 4. The number of amides is 2. The van der Waals surface area contributed by atoms with Crippen molar-refractivity contribution in [3.63, 3.8) is 0 Å². The SMILES string of the molecule is O=C(C[C@H]1C(=O)NCCN1Cc1c(F)cccc1Cl)NCCCn1cccn1. The third kappa shape index (κ3) is 5.30. The maximum Gasteiger partial charge on any atom is 0.237 e. The summed E-state index contributed by atoms with van der Waals surface area (Å²) in [4.78, 5) is 26.4. The van der Waals surface area contributed by atoms with Gasteiger partial charge in [0.25, 0.3) is 0 Å². The topological polar surface area (TPSA) is 79.3 Å². The third-order valence-corrected chi connectivity index (χ3v) is 5.04. The zero-order chi connectivity index (χ0) is 19.9. The van der Waals surface area contributed by atoms with Crippen LogP contribution in [0.25, 0.3) is 0 Å². The molecule has 1 saturated heterocycles. The molecule has 2 heterocycles. The summed E-state index contributed by atoms with van der Waals surface area (Å²) in [6, 6.07) is 5.68. The van der Waals surface area contributed by atoms with E-state index in [4.69, 9.17) is 11.6 Å².